The fraction of sp³-hybridized carbons (Fsp3) is 0.300. The lowest BCUT2D eigenvalue weighted by atomic mass is 9.91. The summed E-state index contributed by atoms with van der Waals surface area (Å²) >= 11 is 0. The highest BCUT2D eigenvalue weighted by molar-refractivity contribution is 5.80. The maximum absolute atomic E-state index is 13.3. The third-order valence-corrected chi connectivity index (χ3v) is 4.29. The Balaban J connectivity index is 1.75. The van der Waals surface area contributed by atoms with Crippen LogP contribution < -0.4 is 0 Å². The van der Waals surface area contributed by atoms with E-state index < -0.39 is 23.3 Å². The number of nitrogens with zero attached hydrogens (tertiary/aromatic N) is 2. The molecule has 2 aromatic carbocycles. The second-order valence-electron chi connectivity index (χ2n) is 6.38. The van der Waals surface area contributed by atoms with Crippen molar-refractivity contribution in [3.63, 3.8) is 0 Å². The van der Waals surface area contributed by atoms with Crippen LogP contribution in [-0.4, -0.2) is 24.5 Å². The molecule has 0 spiro atoms. The van der Waals surface area contributed by atoms with Gasteiger partial charge in [0, 0.05) is 24.6 Å². The SMILES string of the molecule is Fc1cc(F)cc(C=N[C@H]2CCCC[C@@H]2N=Cc2cc(F)cc(F)c2)c1. The van der Waals surface area contributed by atoms with Crippen LogP contribution in [0.4, 0.5) is 17.6 Å². The van der Waals surface area contributed by atoms with Gasteiger partial charge < -0.3 is 0 Å². The molecule has 0 heterocycles. The monoisotopic (exact) mass is 362 g/mol. The van der Waals surface area contributed by atoms with Gasteiger partial charge in [0.1, 0.15) is 23.3 Å². The molecule has 1 saturated carbocycles. The number of rotatable bonds is 4. The predicted octanol–water partition coefficient (Wildman–Crippen LogP) is 5.09. The molecule has 0 aliphatic heterocycles. The van der Waals surface area contributed by atoms with Gasteiger partial charge >= 0.3 is 0 Å². The zero-order valence-electron chi connectivity index (χ0n) is 14.0. The molecule has 0 radical (unpaired) electrons. The van der Waals surface area contributed by atoms with Crippen LogP contribution in [0, 0.1) is 23.3 Å². The van der Waals surface area contributed by atoms with E-state index in [9.17, 15) is 17.6 Å². The van der Waals surface area contributed by atoms with Crippen LogP contribution >= 0.6 is 0 Å². The number of hydrogen-bond donors (Lipinski definition) is 0. The Morgan fingerprint density at radius 3 is 1.31 bits per heavy atom. The molecule has 2 nitrogen and oxygen atoms in total. The van der Waals surface area contributed by atoms with E-state index >= 15 is 0 Å². The second kappa shape index (κ2) is 8.25. The van der Waals surface area contributed by atoms with Crippen molar-refractivity contribution in [2.45, 2.75) is 37.8 Å². The second-order valence-corrected chi connectivity index (χ2v) is 6.38. The van der Waals surface area contributed by atoms with E-state index in [1.807, 2.05) is 0 Å². The molecule has 0 bridgehead atoms. The zero-order valence-corrected chi connectivity index (χ0v) is 14.0. The summed E-state index contributed by atoms with van der Waals surface area (Å²) in [5, 5.41) is 0. The molecule has 6 heteroatoms. The van der Waals surface area contributed by atoms with Crippen LogP contribution in [-0.2, 0) is 0 Å². The first-order valence-corrected chi connectivity index (χ1v) is 8.48. The van der Waals surface area contributed by atoms with Gasteiger partial charge in [-0.25, -0.2) is 17.6 Å². The quantitative estimate of drug-likeness (QED) is 0.535. The highest BCUT2D eigenvalue weighted by Gasteiger charge is 2.23. The van der Waals surface area contributed by atoms with Crippen LogP contribution in [0.25, 0.3) is 0 Å². The van der Waals surface area contributed by atoms with E-state index in [4.69, 9.17) is 0 Å². The first kappa shape index (κ1) is 18.3. The normalized spacial score (nSPS) is 20.9. The minimum atomic E-state index is -0.655. The summed E-state index contributed by atoms with van der Waals surface area (Å²) in [4.78, 5) is 8.89. The summed E-state index contributed by atoms with van der Waals surface area (Å²) in [5.41, 5.74) is 0.700. The van der Waals surface area contributed by atoms with E-state index in [2.05, 4.69) is 9.98 Å². The van der Waals surface area contributed by atoms with Crippen LogP contribution in [0.3, 0.4) is 0 Å². The Kier molecular flexibility index (Phi) is 5.81. The molecule has 0 unspecified atom stereocenters. The molecular formula is C20H18F4N2. The summed E-state index contributed by atoms with van der Waals surface area (Å²) in [6.07, 6.45) is 6.47. The maximum atomic E-state index is 13.3. The Hall–Kier alpha value is -2.50. The lowest BCUT2D eigenvalue weighted by molar-refractivity contribution is 0.390. The molecular weight excluding hydrogens is 344 g/mol. The van der Waals surface area contributed by atoms with Crippen LogP contribution in [0.5, 0.6) is 0 Å². The molecule has 0 amide bonds. The largest absolute Gasteiger partial charge is 0.287 e. The summed E-state index contributed by atoms with van der Waals surface area (Å²) in [6, 6.07) is 6.19. The average Bonchev–Trinajstić information content (AvgIpc) is 2.57. The fourth-order valence-corrected chi connectivity index (χ4v) is 3.10. The molecule has 0 N–H and O–H groups in total. The maximum Gasteiger partial charge on any atom is 0.126 e. The minimum Gasteiger partial charge on any atom is -0.287 e. The fourth-order valence-electron chi connectivity index (χ4n) is 3.10. The van der Waals surface area contributed by atoms with Crippen LogP contribution in [0.1, 0.15) is 36.8 Å². The minimum absolute atomic E-state index is 0.135. The number of hydrogen-bond acceptors (Lipinski definition) is 2. The molecule has 3 rings (SSSR count). The number of aliphatic imine (C=N–C) groups is 2. The van der Waals surface area contributed by atoms with E-state index in [0.717, 1.165) is 37.8 Å². The molecule has 26 heavy (non-hydrogen) atoms. The van der Waals surface area contributed by atoms with Crippen molar-refractivity contribution in [2.24, 2.45) is 9.98 Å². The molecule has 1 fully saturated rings. The van der Waals surface area contributed by atoms with Crippen molar-refractivity contribution in [3.8, 4) is 0 Å². The predicted molar refractivity (Wildman–Crippen MR) is 93.9 cm³/mol. The summed E-state index contributed by atoms with van der Waals surface area (Å²) in [5.74, 6) is -2.62. The number of benzene rings is 2. The summed E-state index contributed by atoms with van der Waals surface area (Å²) < 4.78 is 53.0. The van der Waals surface area contributed by atoms with E-state index in [-0.39, 0.29) is 12.1 Å². The number of halogens is 4. The van der Waals surface area contributed by atoms with Crippen molar-refractivity contribution >= 4 is 12.4 Å². The van der Waals surface area contributed by atoms with Crippen LogP contribution in [0.2, 0.25) is 0 Å². The molecule has 1 aliphatic rings. The smallest absolute Gasteiger partial charge is 0.126 e. The zero-order chi connectivity index (χ0) is 18.5. The Bertz CT molecular complexity index is 723. The van der Waals surface area contributed by atoms with E-state index in [1.54, 1.807) is 0 Å². The molecule has 1 aliphatic carbocycles. The van der Waals surface area contributed by atoms with Gasteiger partial charge in [0.25, 0.3) is 0 Å². The van der Waals surface area contributed by atoms with Gasteiger partial charge in [-0.1, -0.05) is 12.8 Å². The lowest BCUT2D eigenvalue weighted by Gasteiger charge is -2.25. The third kappa shape index (κ3) is 5.00. The highest BCUT2D eigenvalue weighted by atomic mass is 19.1. The van der Waals surface area contributed by atoms with Gasteiger partial charge in [-0.05, 0) is 48.2 Å². The van der Waals surface area contributed by atoms with Gasteiger partial charge in [0.2, 0.25) is 0 Å². The molecule has 136 valence electrons. The molecule has 0 aromatic heterocycles. The molecule has 0 saturated heterocycles. The van der Waals surface area contributed by atoms with Crippen LogP contribution in [0.15, 0.2) is 46.4 Å². The van der Waals surface area contributed by atoms with Crippen molar-refractivity contribution in [1.82, 2.24) is 0 Å². The first-order chi connectivity index (χ1) is 12.5. The lowest BCUT2D eigenvalue weighted by Crippen LogP contribution is -2.27. The first-order valence-electron chi connectivity index (χ1n) is 8.48. The van der Waals surface area contributed by atoms with Gasteiger partial charge in [-0.3, -0.25) is 9.98 Å². The third-order valence-electron chi connectivity index (χ3n) is 4.29. The van der Waals surface area contributed by atoms with E-state index in [0.29, 0.717) is 11.1 Å². The standard InChI is InChI=1S/C20H18F4N2/c21-15-5-13(6-16(22)9-15)11-25-19-3-1-2-4-20(19)26-12-14-7-17(23)10-18(24)8-14/h5-12,19-20H,1-4H2/t19-,20-/m0/s1. The van der Waals surface area contributed by atoms with Gasteiger partial charge in [0.05, 0.1) is 12.1 Å². The summed E-state index contributed by atoms with van der Waals surface area (Å²) in [7, 11) is 0. The van der Waals surface area contributed by atoms with Crippen molar-refractivity contribution in [3.05, 3.63) is 70.8 Å². The van der Waals surface area contributed by atoms with Gasteiger partial charge in [-0.2, -0.15) is 0 Å². The van der Waals surface area contributed by atoms with Crippen molar-refractivity contribution in [1.29, 1.82) is 0 Å². The van der Waals surface area contributed by atoms with Gasteiger partial charge in [-0.15, -0.1) is 0 Å². The topological polar surface area (TPSA) is 24.7 Å². The molecule has 2 aromatic rings. The molecule has 2 atom stereocenters. The van der Waals surface area contributed by atoms with Crippen molar-refractivity contribution in [2.75, 3.05) is 0 Å². The van der Waals surface area contributed by atoms with E-state index in [1.165, 1.54) is 36.7 Å². The Morgan fingerprint density at radius 2 is 0.962 bits per heavy atom. The van der Waals surface area contributed by atoms with Crippen molar-refractivity contribution < 1.29 is 17.6 Å². The Labute approximate surface area is 149 Å². The highest BCUT2D eigenvalue weighted by Crippen LogP contribution is 2.24. The average molecular weight is 362 g/mol. The Morgan fingerprint density at radius 1 is 0.615 bits per heavy atom. The van der Waals surface area contributed by atoms with Gasteiger partial charge in [0.15, 0.2) is 0 Å². The summed E-state index contributed by atoms with van der Waals surface area (Å²) in [6.45, 7) is 0.